The molecule has 5 nitrogen and oxygen atoms in total. The molecule has 1 N–H and O–H groups in total. The molecule has 0 aromatic heterocycles. The van der Waals surface area contributed by atoms with Gasteiger partial charge in [-0.1, -0.05) is 23.2 Å². The Kier molecular flexibility index (Phi) is 4.89. The molecule has 2 aliphatic heterocycles. The monoisotopic (exact) mass is 405 g/mol. The first-order valence-corrected chi connectivity index (χ1v) is 9.31. The van der Waals surface area contributed by atoms with E-state index < -0.39 is 6.10 Å². The lowest BCUT2D eigenvalue weighted by Gasteiger charge is -2.22. The van der Waals surface area contributed by atoms with E-state index in [4.69, 9.17) is 37.4 Å². The first-order valence-electron chi connectivity index (χ1n) is 8.55. The molecule has 0 aliphatic carbocycles. The van der Waals surface area contributed by atoms with E-state index in [-0.39, 0.29) is 12.6 Å². The Bertz CT molecular complexity index is 942. The number of benzene rings is 2. The molecule has 27 heavy (non-hydrogen) atoms. The van der Waals surface area contributed by atoms with Crippen LogP contribution in [-0.2, 0) is 11.2 Å². The van der Waals surface area contributed by atoms with Crippen molar-refractivity contribution in [3.63, 3.8) is 0 Å². The summed E-state index contributed by atoms with van der Waals surface area (Å²) in [5, 5.41) is 4.15. The number of hydrogen-bond donors (Lipinski definition) is 1. The first-order chi connectivity index (χ1) is 13.0. The van der Waals surface area contributed by atoms with Crippen LogP contribution >= 0.6 is 23.2 Å². The molecule has 2 heterocycles. The fraction of sp³-hybridized carbons (Fsp3) is 0.250. The van der Waals surface area contributed by atoms with Crippen LogP contribution in [0.2, 0.25) is 10.0 Å². The van der Waals surface area contributed by atoms with Crippen LogP contribution in [0.5, 0.6) is 17.2 Å². The van der Waals surface area contributed by atoms with Crippen LogP contribution in [0.15, 0.2) is 36.4 Å². The molecule has 0 bridgehead atoms. The average Bonchev–Trinajstić information content (AvgIpc) is 3.10. The summed E-state index contributed by atoms with van der Waals surface area (Å²) >= 11 is 12.0. The van der Waals surface area contributed by atoms with Crippen molar-refractivity contribution >= 4 is 34.7 Å². The molecule has 2 aromatic carbocycles. The summed E-state index contributed by atoms with van der Waals surface area (Å²) in [6.45, 7) is 2.65. The highest BCUT2D eigenvalue weighted by Crippen LogP contribution is 2.38. The first kappa shape index (κ1) is 18.0. The Morgan fingerprint density at radius 2 is 2.00 bits per heavy atom. The van der Waals surface area contributed by atoms with Crippen molar-refractivity contribution in [3.05, 3.63) is 57.6 Å². The molecular weight excluding hydrogens is 389 g/mol. The quantitative estimate of drug-likeness (QED) is 0.770. The van der Waals surface area contributed by atoms with Crippen LogP contribution in [0.1, 0.15) is 18.1 Å². The molecule has 1 atom stereocenters. The van der Waals surface area contributed by atoms with E-state index in [1.165, 1.54) is 0 Å². The minimum absolute atomic E-state index is 0.172. The van der Waals surface area contributed by atoms with Gasteiger partial charge in [-0.15, -0.1) is 0 Å². The molecule has 140 valence electrons. The van der Waals surface area contributed by atoms with Gasteiger partial charge in [0.15, 0.2) is 23.4 Å². The lowest BCUT2D eigenvalue weighted by molar-refractivity contribution is -0.120. The van der Waals surface area contributed by atoms with Crippen molar-refractivity contribution in [2.75, 3.05) is 13.3 Å². The number of ether oxygens (including phenoxy) is 3. The van der Waals surface area contributed by atoms with Crippen molar-refractivity contribution in [1.29, 1.82) is 0 Å². The number of halogens is 2. The number of hydrogen-bond acceptors (Lipinski definition) is 5. The van der Waals surface area contributed by atoms with Crippen molar-refractivity contribution in [2.45, 2.75) is 19.4 Å². The summed E-state index contributed by atoms with van der Waals surface area (Å²) in [5.41, 5.74) is 2.80. The Labute approximate surface area is 166 Å². The van der Waals surface area contributed by atoms with Gasteiger partial charge in [-0.2, -0.15) is 0 Å². The third kappa shape index (κ3) is 3.70. The molecule has 0 saturated heterocycles. The predicted octanol–water partition coefficient (Wildman–Crippen LogP) is 4.25. The molecule has 4 rings (SSSR count). The van der Waals surface area contributed by atoms with Gasteiger partial charge in [-0.05, 0) is 49.2 Å². The SMILES string of the molecule is C[C@@H](Oc1ccc(Cl)cc1Cl)C(=O)/C=C1\NCCc2cc3c(cc21)OCO3. The van der Waals surface area contributed by atoms with Crippen LogP contribution in [0.3, 0.4) is 0 Å². The largest absolute Gasteiger partial charge is 0.481 e. The second-order valence-electron chi connectivity index (χ2n) is 6.33. The van der Waals surface area contributed by atoms with Gasteiger partial charge in [-0.3, -0.25) is 4.79 Å². The van der Waals surface area contributed by atoms with E-state index in [1.807, 2.05) is 12.1 Å². The second-order valence-corrected chi connectivity index (χ2v) is 7.18. The minimum atomic E-state index is -0.697. The molecule has 2 aliphatic rings. The van der Waals surface area contributed by atoms with E-state index in [0.717, 1.165) is 35.5 Å². The molecule has 0 saturated carbocycles. The Morgan fingerprint density at radius 1 is 1.22 bits per heavy atom. The van der Waals surface area contributed by atoms with Crippen molar-refractivity contribution in [1.82, 2.24) is 5.32 Å². The maximum atomic E-state index is 12.7. The lowest BCUT2D eigenvalue weighted by atomic mass is 9.96. The van der Waals surface area contributed by atoms with Gasteiger partial charge in [0.2, 0.25) is 6.79 Å². The third-order valence-corrected chi connectivity index (χ3v) is 5.01. The summed E-state index contributed by atoms with van der Waals surface area (Å²) in [4.78, 5) is 12.7. The highest BCUT2D eigenvalue weighted by Gasteiger charge is 2.23. The van der Waals surface area contributed by atoms with Crippen molar-refractivity contribution in [3.8, 4) is 17.2 Å². The predicted molar refractivity (Wildman–Crippen MR) is 104 cm³/mol. The summed E-state index contributed by atoms with van der Waals surface area (Å²) < 4.78 is 16.6. The fourth-order valence-electron chi connectivity index (χ4n) is 3.08. The molecule has 0 spiro atoms. The summed E-state index contributed by atoms with van der Waals surface area (Å²) in [6, 6.07) is 8.78. The minimum Gasteiger partial charge on any atom is -0.481 e. The van der Waals surface area contributed by atoms with E-state index >= 15 is 0 Å². The van der Waals surface area contributed by atoms with Crippen molar-refractivity contribution < 1.29 is 19.0 Å². The van der Waals surface area contributed by atoms with Crippen LogP contribution in [0.25, 0.3) is 5.70 Å². The fourth-order valence-corrected chi connectivity index (χ4v) is 3.53. The Balaban J connectivity index is 1.56. The van der Waals surface area contributed by atoms with Gasteiger partial charge in [0, 0.05) is 28.9 Å². The second kappa shape index (κ2) is 7.33. The Morgan fingerprint density at radius 3 is 2.78 bits per heavy atom. The zero-order valence-electron chi connectivity index (χ0n) is 14.6. The molecule has 2 aromatic rings. The van der Waals surface area contributed by atoms with Gasteiger partial charge in [0.1, 0.15) is 5.75 Å². The van der Waals surface area contributed by atoms with Crippen LogP contribution in [0.4, 0.5) is 0 Å². The smallest absolute Gasteiger partial charge is 0.231 e. The molecule has 0 amide bonds. The highest BCUT2D eigenvalue weighted by molar-refractivity contribution is 6.35. The standard InChI is InChI=1S/C20H17Cl2NO4/c1-11(27-18-3-2-13(21)7-15(18)22)17(24)9-16-14-8-20-19(25-10-26-20)6-12(14)4-5-23-16/h2-3,6-9,11,23H,4-5,10H2,1H3/b16-9-/t11-/m1/s1. The van der Waals surface area contributed by atoms with Crippen LogP contribution in [-0.4, -0.2) is 25.2 Å². The van der Waals surface area contributed by atoms with E-state index in [1.54, 1.807) is 31.2 Å². The Hall–Kier alpha value is -2.37. The topological polar surface area (TPSA) is 56.8 Å². The number of nitrogens with one attached hydrogen (secondary N) is 1. The summed E-state index contributed by atoms with van der Waals surface area (Å²) in [7, 11) is 0. The zero-order chi connectivity index (χ0) is 19.0. The van der Waals surface area contributed by atoms with Gasteiger partial charge in [-0.25, -0.2) is 0 Å². The van der Waals surface area contributed by atoms with E-state index in [0.29, 0.717) is 21.5 Å². The summed E-state index contributed by atoms with van der Waals surface area (Å²) in [5.74, 6) is 1.68. The molecule has 0 fully saturated rings. The van der Waals surface area contributed by atoms with Gasteiger partial charge < -0.3 is 19.5 Å². The highest BCUT2D eigenvalue weighted by atomic mass is 35.5. The third-order valence-electron chi connectivity index (χ3n) is 4.48. The van der Waals surface area contributed by atoms with Gasteiger partial charge >= 0.3 is 0 Å². The summed E-state index contributed by atoms with van der Waals surface area (Å²) in [6.07, 6.45) is 1.72. The average molecular weight is 406 g/mol. The number of rotatable bonds is 4. The van der Waals surface area contributed by atoms with Crippen molar-refractivity contribution in [2.24, 2.45) is 0 Å². The lowest BCUT2D eigenvalue weighted by Crippen LogP contribution is -2.27. The van der Waals surface area contributed by atoms with Gasteiger partial charge in [0.05, 0.1) is 5.02 Å². The maximum Gasteiger partial charge on any atom is 0.231 e. The maximum absolute atomic E-state index is 12.7. The normalized spacial score (nSPS) is 17.2. The number of ketones is 1. The number of fused-ring (bicyclic) bond motifs is 2. The van der Waals surface area contributed by atoms with E-state index in [2.05, 4.69) is 5.32 Å². The molecule has 0 unspecified atom stereocenters. The van der Waals surface area contributed by atoms with Gasteiger partial charge in [0.25, 0.3) is 0 Å². The number of carbonyl (C=O) groups excluding carboxylic acids is 1. The van der Waals surface area contributed by atoms with E-state index in [9.17, 15) is 4.79 Å². The number of carbonyl (C=O) groups is 1. The molecule has 0 radical (unpaired) electrons. The van der Waals surface area contributed by atoms with Crippen LogP contribution < -0.4 is 19.5 Å². The molecular formula is C20H17Cl2NO4. The molecule has 7 heteroatoms. The zero-order valence-corrected chi connectivity index (χ0v) is 16.1. The van der Waals surface area contributed by atoms with Crippen LogP contribution in [0, 0.1) is 0 Å².